The van der Waals surface area contributed by atoms with Crippen molar-refractivity contribution in [2.75, 3.05) is 32.7 Å². The van der Waals surface area contributed by atoms with Gasteiger partial charge in [0, 0.05) is 19.1 Å². The van der Waals surface area contributed by atoms with Crippen molar-refractivity contribution < 1.29 is 39.6 Å². The second kappa shape index (κ2) is 9.68. The maximum absolute atomic E-state index is 10.8. The predicted molar refractivity (Wildman–Crippen MR) is 72.6 cm³/mol. The van der Waals surface area contributed by atoms with Crippen molar-refractivity contribution in [1.29, 1.82) is 0 Å². The molecule has 0 aliphatic rings. The molecule has 0 amide bonds. The van der Waals surface area contributed by atoms with E-state index in [9.17, 15) is 19.2 Å². The monoisotopic (exact) mass is 320 g/mol. The molecular weight excluding hydrogens is 300 g/mol. The molecule has 0 aliphatic heterocycles. The normalized spacial score (nSPS) is 12.3. The molecule has 0 fully saturated rings. The van der Waals surface area contributed by atoms with Gasteiger partial charge in [0.05, 0.1) is 26.1 Å². The van der Waals surface area contributed by atoms with Gasteiger partial charge in [-0.2, -0.15) is 0 Å². The molecule has 0 saturated heterocycles. The van der Waals surface area contributed by atoms with Crippen LogP contribution in [0.4, 0.5) is 0 Å². The van der Waals surface area contributed by atoms with Crippen LogP contribution in [0.15, 0.2) is 0 Å². The summed E-state index contributed by atoms with van der Waals surface area (Å²) in [5.41, 5.74) is 0. The van der Waals surface area contributed by atoms with Crippen LogP contribution in [-0.2, 0) is 19.2 Å². The summed E-state index contributed by atoms with van der Waals surface area (Å²) >= 11 is 0. The third-order valence-electron chi connectivity index (χ3n) is 2.85. The lowest BCUT2D eigenvalue weighted by atomic mass is 10.2. The highest BCUT2D eigenvalue weighted by Crippen LogP contribution is 2.04. The zero-order valence-corrected chi connectivity index (χ0v) is 12.1. The fourth-order valence-corrected chi connectivity index (χ4v) is 1.88. The summed E-state index contributed by atoms with van der Waals surface area (Å²) in [6, 6.07) is -0.579. The lowest BCUT2D eigenvalue weighted by molar-refractivity contribution is -0.143. The fourth-order valence-electron chi connectivity index (χ4n) is 1.88. The average Bonchev–Trinajstić information content (AvgIpc) is 2.31. The summed E-state index contributed by atoms with van der Waals surface area (Å²) in [6.45, 7) is 0.163. The number of aliphatic carboxylic acids is 4. The maximum Gasteiger partial charge on any atom is 0.317 e. The van der Waals surface area contributed by atoms with Gasteiger partial charge < -0.3 is 20.4 Å². The topological polar surface area (TPSA) is 156 Å². The minimum Gasteiger partial charge on any atom is -0.481 e. The molecular formula is C12H20N2O8. The molecule has 0 rings (SSSR count). The van der Waals surface area contributed by atoms with Gasteiger partial charge in [0.1, 0.15) is 0 Å². The van der Waals surface area contributed by atoms with E-state index in [4.69, 9.17) is 20.4 Å². The lowest BCUT2D eigenvalue weighted by Gasteiger charge is -2.29. The minimum absolute atomic E-state index is 0.00413. The Bertz CT molecular complexity index is 409. The molecule has 0 bridgehead atoms. The first-order valence-corrected chi connectivity index (χ1v) is 6.45. The number of rotatable bonds is 12. The molecule has 0 aromatic rings. The van der Waals surface area contributed by atoms with Crippen LogP contribution >= 0.6 is 0 Å². The van der Waals surface area contributed by atoms with Crippen LogP contribution < -0.4 is 0 Å². The average molecular weight is 320 g/mol. The van der Waals surface area contributed by atoms with Crippen LogP contribution in [0, 0.1) is 0 Å². The van der Waals surface area contributed by atoms with Crippen molar-refractivity contribution in [2.45, 2.75) is 19.4 Å². The molecule has 10 nitrogen and oxygen atoms in total. The Morgan fingerprint density at radius 1 is 0.773 bits per heavy atom. The van der Waals surface area contributed by atoms with Crippen LogP contribution in [0.1, 0.15) is 13.3 Å². The summed E-state index contributed by atoms with van der Waals surface area (Å²) in [5, 5.41) is 35.0. The van der Waals surface area contributed by atoms with E-state index in [1.54, 1.807) is 0 Å². The van der Waals surface area contributed by atoms with Gasteiger partial charge in [-0.1, -0.05) is 0 Å². The molecule has 1 unspecified atom stereocenters. The molecule has 10 heteroatoms. The number of carboxylic acid groups (broad SMARTS) is 4. The van der Waals surface area contributed by atoms with Gasteiger partial charge in [-0.05, 0) is 6.92 Å². The fraction of sp³-hybridized carbons (Fsp3) is 0.667. The van der Waals surface area contributed by atoms with Gasteiger partial charge in [-0.15, -0.1) is 0 Å². The van der Waals surface area contributed by atoms with Gasteiger partial charge >= 0.3 is 23.9 Å². The molecule has 0 aliphatic carbocycles. The van der Waals surface area contributed by atoms with E-state index in [2.05, 4.69) is 0 Å². The van der Waals surface area contributed by atoms with Crippen LogP contribution in [0.2, 0.25) is 0 Å². The second-order valence-electron chi connectivity index (χ2n) is 4.81. The smallest absolute Gasteiger partial charge is 0.317 e. The number of carbonyl (C=O) groups is 4. The summed E-state index contributed by atoms with van der Waals surface area (Å²) in [6.07, 6.45) is -0.273. The van der Waals surface area contributed by atoms with Crippen LogP contribution in [-0.4, -0.2) is 92.9 Å². The van der Waals surface area contributed by atoms with Crippen LogP contribution in [0.3, 0.4) is 0 Å². The molecule has 0 aromatic carbocycles. The van der Waals surface area contributed by atoms with Crippen molar-refractivity contribution in [3.8, 4) is 0 Å². The quantitative estimate of drug-likeness (QED) is 0.341. The highest BCUT2D eigenvalue weighted by molar-refractivity contribution is 5.72. The standard InChI is InChI=1S/C12H20N2O8/c1-8(4-9(15)16)14(7-12(21)22)3-2-13(5-10(17)18)6-11(19)20/h8H,2-7H2,1H3,(H,15,16)(H,17,18)(H,19,20)(H,21,22). The van der Waals surface area contributed by atoms with Crippen molar-refractivity contribution in [3.05, 3.63) is 0 Å². The van der Waals surface area contributed by atoms with E-state index >= 15 is 0 Å². The summed E-state index contributed by atoms with van der Waals surface area (Å²) < 4.78 is 0. The van der Waals surface area contributed by atoms with Gasteiger partial charge in [-0.3, -0.25) is 29.0 Å². The van der Waals surface area contributed by atoms with Crippen molar-refractivity contribution in [2.24, 2.45) is 0 Å². The number of hydrogen-bond acceptors (Lipinski definition) is 6. The zero-order valence-electron chi connectivity index (χ0n) is 12.1. The first-order valence-electron chi connectivity index (χ1n) is 6.45. The van der Waals surface area contributed by atoms with E-state index in [0.29, 0.717) is 0 Å². The Hall–Kier alpha value is -2.20. The van der Waals surface area contributed by atoms with E-state index in [0.717, 1.165) is 4.90 Å². The Balaban J connectivity index is 4.72. The molecule has 0 aromatic heterocycles. The van der Waals surface area contributed by atoms with Crippen molar-refractivity contribution >= 4 is 23.9 Å². The maximum atomic E-state index is 10.8. The first kappa shape index (κ1) is 19.8. The Morgan fingerprint density at radius 3 is 1.59 bits per heavy atom. The molecule has 1 atom stereocenters. The summed E-state index contributed by atoms with van der Waals surface area (Å²) in [7, 11) is 0. The third kappa shape index (κ3) is 9.66. The molecule has 4 N–H and O–H groups in total. The van der Waals surface area contributed by atoms with Gasteiger partial charge in [0.25, 0.3) is 0 Å². The van der Waals surface area contributed by atoms with Crippen LogP contribution in [0.25, 0.3) is 0 Å². The molecule has 0 heterocycles. The Labute approximate surface area is 126 Å². The van der Waals surface area contributed by atoms with Crippen molar-refractivity contribution in [1.82, 2.24) is 9.80 Å². The first-order chi connectivity index (χ1) is 10.1. The number of carboxylic acids is 4. The largest absolute Gasteiger partial charge is 0.481 e. The van der Waals surface area contributed by atoms with E-state index in [1.807, 2.05) is 0 Å². The molecule has 126 valence electrons. The molecule has 0 spiro atoms. The van der Waals surface area contributed by atoms with E-state index in [1.165, 1.54) is 11.8 Å². The number of hydrogen-bond donors (Lipinski definition) is 4. The highest BCUT2D eigenvalue weighted by atomic mass is 16.4. The van der Waals surface area contributed by atoms with Crippen LogP contribution in [0.5, 0.6) is 0 Å². The van der Waals surface area contributed by atoms with E-state index < -0.39 is 49.6 Å². The Kier molecular flexibility index (Phi) is 8.72. The number of nitrogens with zero attached hydrogens (tertiary/aromatic N) is 2. The predicted octanol–water partition coefficient (Wildman–Crippen LogP) is -1.29. The highest BCUT2D eigenvalue weighted by Gasteiger charge is 2.21. The van der Waals surface area contributed by atoms with E-state index in [-0.39, 0.29) is 19.5 Å². The third-order valence-corrected chi connectivity index (χ3v) is 2.85. The van der Waals surface area contributed by atoms with Crippen molar-refractivity contribution in [3.63, 3.8) is 0 Å². The lowest BCUT2D eigenvalue weighted by Crippen LogP contribution is -2.45. The zero-order chi connectivity index (χ0) is 17.3. The second-order valence-corrected chi connectivity index (χ2v) is 4.81. The molecule has 0 radical (unpaired) electrons. The van der Waals surface area contributed by atoms with Gasteiger partial charge in [-0.25, -0.2) is 0 Å². The molecule has 22 heavy (non-hydrogen) atoms. The summed E-state index contributed by atoms with van der Waals surface area (Å²) in [4.78, 5) is 45.3. The minimum atomic E-state index is -1.20. The molecule has 0 saturated carbocycles. The summed E-state index contributed by atoms with van der Waals surface area (Å²) in [5.74, 6) is -4.65. The SMILES string of the molecule is CC(CC(=O)O)N(CCN(CC(=O)O)CC(=O)O)CC(=O)O. The van der Waals surface area contributed by atoms with Gasteiger partial charge in [0.15, 0.2) is 0 Å². The Morgan fingerprint density at radius 2 is 1.23 bits per heavy atom. The van der Waals surface area contributed by atoms with Gasteiger partial charge in [0.2, 0.25) is 0 Å².